The number of H-pyrrole nitrogens is 1. The molecule has 7 nitrogen and oxygen atoms in total. The minimum atomic E-state index is 0.00430. The molecular weight excluding hydrogens is 332 g/mol. The molecule has 0 bridgehead atoms. The van der Waals surface area contributed by atoms with Gasteiger partial charge in [0.1, 0.15) is 24.3 Å². The van der Waals surface area contributed by atoms with E-state index in [-0.39, 0.29) is 6.03 Å². The van der Waals surface area contributed by atoms with Crippen LogP contribution in [0.2, 0.25) is 0 Å². The third-order valence-corrected chi connectivity index (χ3v) is 4.67. The Morgan fingerprint density at radius 1 is 1.42 bits per heavy atom. The summed E-state index contributed by atoms with van der Waals surface area (Å²) in [6.45, 7) is 4.69. The molecule has 1 saturated heterocycles. The number of benzene rings is 1. The van der Waals surface area contributed by atoms with Gasteiger partial charge < -0.3 is 24.5 Å². The molecule has 4 rings (SSSR count). The maximum atomic E-state index is 12.2. The molecule has 1 aromatic carbocycles. The molecule has 1 atom stereocenters. The number of urea groups is 1. The van der Waals surface area contributed by atoms with Gasteiger partial charge in [-0.3, -0.25) is 0 Å². The Morgan fingerprint density at radius 3 is 3.12 bits per heavy atom. The normalized spacial score (nSPS) is 17.0. The predicted octanol–water partition coefficient (Wildman–Crippen LogP) is 3.29. The van der Waals surface area contributed by atoms with Gasteiger partial charge in [0, 0.05) is 36.4 Å². The lowest BCUT2D eigenvalue weighted by Gasteiger charge is -2.16. The molecule has 0 saturated carbocycles. The molecule has 0 aliphatic carbocycles. The molecular formula is C19H22N4O3. The number of nitrogens with one attached hydrogen (secondary N) is 2. The highest BCUT2D eigenvalue weighted by atomic mass is 16.5. The van der Waals surface area contributed by atoms with E-state index in [1.165, 1.54) is 6.26 Å². The van der Waals surface area contributed by atoms with Crippen LogP contribution in [0.15, 0.2) is 41.1 Å². The third kappa shape index (κ3) is 3.66. The Morgan fingerprint density at radius 2 is 2.35 bits per heavy atom. The zero-order valence-corrected chi connectivity index (χ0v) is 14.7. The number of carbonyl (C=O) groups excluding carboxylic acids is 1. The van der Waals surface area contributed by atoms with Gasteiger partial charge in [-0.2, -0.15) is 0 Å². The largest absolute Gasteiger partial charge is 0.487 e. The lowest BCUT2D eigenvalue weighted by molar-refractivity contribution is 0.207. The monoisotopic (exact) mass is 354 g/mol. The van der Waals surface area contributed by atoms with Crippen molar-refractivity contribution in [3.05, 3.63) is 48.0 Å². The van der Waals surface area contributed by atoms with Gasteiger partial charge in [-0.15, -0.1) is 0 Å². The first-order valence-corrected chi connectivity index (χ1v) is 8.84. The number of aromatic amines is 1. The van der Waals surface area contributed by atoms with Crippen LogP contribution in [-0.2, 0) is 13.2 Å². The smallest absolute Gasteiger partial charge is 0.317 e. The van der Waals surface area contributed by atoms with Crippen LogP contribution < -0.4 is 10.1 Å². The van der Waals surface area contributed by atoms with Crippen molar-refractivity contribution in [2.24, 2.45) is 5.92 Å². The first kappa shape index (κ1) is 16.5. The number of amides is 2. The van der Waals surface area contributed by atoms with Gasteiger partial charge in [0.25, 0.3) is 0 Å². The molecule has 26 heavy (non-hydrogen) atoms. The molecule has 0 radical (unpaired) electrons. The highest BCUT2D eigenvalue weighted by molar-refractivity contribution is 5.82. The van der Waals surface area contributed by atoms with Crippen LogP contribution in [0, 0.1) is 5.92 Å². The van der Waals surface area contributed by atoms with Gasteiger partial charge in [0.2, 0.25) is 0 Å². The van der Waals surface area contributed by atoms with Gasteiger partial charge in [-0.1, -0.05) is 12.1 Å². The van der Waals surface area contributed by atoms with Crippen molar-refractivity contribution in [2.45, 2.75) is 26.5 Å². The van der Waals surface area contributed by atoms with E-state index in [1.807, 2.05) is 29.2 Å². The zero-order chi connectivity index (χ0) is 17.9. The summed E-state index contributed by atoms with van der Waals surface area (Å²) in [4.78, 5) is 17.4. The summed E-state index contributed by atoms with van der Waals surface area (Å²) in [6, 6.07) is 9.69. The molecule has 0 spiro atoms. The van der Waals surface area contributed by atoms with Gasteiger partial charge >= 0.3 is 6.03 Å². The molecule has 3 aromatic rings. The Bertz CT molecular complexity index is 887. The van der Waals surface area contributed by atoms with Gasteiger partial charge in [-0.05, 0) is 35.9 Å². The summed E-state index contributed by atoms with van der Waals surface area (Å²) < 4.78 is 10.5. The van der Waals surface area contributed by atoms with Crippen LogP contribution in [0.3, 0.4) is 0 Å². The number of hydrogen-bond donors (Lipinski definition) is 2. The number of hydrogen-bond acceptors (Lipinski definition) is 4. The Balaban J connectivity index is 1.37. The van der Waals surface area contributed by atoms with Crippen molar-refractivity contribution in [3.63, 3.8) is 0 Å². The van der Waals surface area contributed by atoms with E-state index in [4.69, 9.17) is 9.26 Å². The third-order valence-electron chi connectivity index (χ3n) is 4.67. The zero-order valence-electron chi connectivity index (χ0n) is 14.7. The van der Waals surface area contributed by atoms with Crippen LogP contribution in [-0.4, -0.2) is 34.2 Å². The Hall–Kier alpha value is -2.96. The second-order valence-corrected chi connectivity index (χ2v) is 6.82. The van der Waals surface area contributed by atoms with Gasteiger partial charge in [0.05, 0.1) is 6.54 Å². The molecule has 2 amide bonds. The van der Waals surface area contributed by atoms with E-state index < -0.39 is 0 Å². The van der Waals surface area contributed by atoms with E-state index >= 15 is 0 Å². The van der Waals surface area contributed by atoms with Crippen molar-refractivity contribution in [1.82, 2.24) is 20.4 Å². The Labute approximate surface area is 151 Å². The minimum Gasteiger partial charge on any atom is -0.487 e. The molecule has 3 heterocycles. The van der Waals surface area contributed by atoms with Crippen LogP contribution in [0.4, 0.5) is 4.79 Å². The van der Waals surface area contributed by atoms with Gasteiger partial charge in [0.15, 0.2) is 0 Å². The topological polar surface area (TPSA) is 83.4 Å². The number of aromatic nitrogens is 2. The molecule has 1 aliphatic heterocycles. The molecule has 2 N–H and O–H groups in total. The number of rotatable bonds is 5. The second-order valence-electron chi connectivity index (χ2n) is 6.82. The average molecular weight is 354 g/mol. The quantitative estimate of drug-likeness (QED) is 0.736. The second kappa shape index (κ2) is 7.11. The van der Waals surface area contributed by atoms with Crippen molar-refractivity contribution in [2.75, 3.05) is 13.1 Å². The number of fused-ring (bicyclic) bond motifs is 1. The lowest BCUT2D eigenvalue weighted by atomic mass is 10.2. The fourth-order valence-electron chi connectivity index (χ4n) is 3.22. The van der Waals surface area contributed by atoms with Crippen molar-refractivity contribution >= 4 is 16.9 Å². The molecule has 1 unspecified atom stereocenters. The standard InChI is InChI=1S/C19H22N4O3/c1-13-4-6-23(11-13)19(24)20-10-16-8-14-2-3-17(9-18(14)21-16)25-12-15-5-7-26-22-15/h2-3,5,7-9,13,21H,4,6,10-12H2,1H3,(H,20,24). The van der Waals surface area contributed by atoms with Crippen molar-refractivity contribution in [3.8, 4) is 5.75 Å². The fraction of sp³-hybridized carbons (Fsp3) is 0.368. The van der Waals surface area contributed by atoms with E-state index in [9.17, 15) is 4.79 Å². The molecule has 136 valence electrons. The number of carbonyl (C=O) groups is 1. The predicted molar refractivity (Wildman–Crippen MR) is 96.7 cm³/mol. The van der Waals surface area contributed by atoms with Crippen LogP contribution in [0.1, 0.15) is 24.7 Å². The summed E-state index contributed by atoms with van der Waals surface area (Å²) in [5.41, 5.74) is 2.69. The maximum Gasteiger partial charge on any atom is 0.317 e. The SMILES string of the molecule is CC1CCN(C(=O)NCc2cc3ccc(OCc4ccon4)cc3[nH]2)C1. The fourth-order valence-corrected chi connectivity index (χ4v) is 3.22. The number of likely N-dealkylation sites (tertiary alicyclic amines) is 1. The summed E-state index contributed by atoms with van der Waals surface area (Å²) in [5.74, 6) is 1.34. The Kier molecular flexibility index (Phi) is 4.51. The summed E-state index contributed by atoms with van der Waals surface area (Å²) in [5, 5.41) is 7.89. The van der Waals surface area contributed by atoms with E-state index in [2.05, 4.69) is 22.4 Å². The highest BCUT2D eigenvalue weighted by Gasteiger charge is 2.22. The maximum absolute atomic E-state index is 12.2. The minimum absolute atomic E-state index is 0.00430. The van der Waals surface area contributed by atoms with Gasteiger partial charge in [-0.25, -0.2) is 4.79 Å². The number of nitrogens with zero attached hydrogens (tertiary/aromatic N) is 2. The van der Waals surface area contributed by atoms with E-state index in [0.29, 0.717) is 19.1 Å². The summed E-state index contributed by atoms with van der Waals surface area (Å²) in [6.07, 6.45) is 2.60. The van der Waals surface area contributed by atoms with Crippen LogP contribution >= 0.6 is 0 Å². The van der Waals surface area contributed by atoms with E-state index in [1.54, 1.807) is 6.07 Å². The first-order valence-electron chi connectivity index (χ1n) is 8.84. The molecule has 1 aliphatic rings. The van der Waals surface area contributed by atoms with Crippen molar-refractivity contribution < 1.29 is 14.1 Å². The van der Waals surface area contributed by atoms with Crippen LogP contribution in [0.25, 0.3) is 10.9 Å². The average Bonchev–Trinajstić information content (AvgIpc) is 3.37. The van der Waals surface area contributed by atoms with Crippen LogP contribution in [0.5, 0.6) is 5.75 Å². The molecule has 1 fully saturated rings. The van der Waals surface area contributed by atoms with Crippen molar-refractivity contribution in [1.29, 1.82) is 0 Å². The lowest BCUT2D eigenvalue weighted by Crippen LogP contribution is -2.38. The van der Waals surface area contributed by atoms with E-state index in [0.717, 1.165) is 47.6 Å². The summed E-state index contributed by atoms with van der Waals surface area (Å²) in [7, 11) is 0. The highest BCUT2D eigenvalue weighted by Crippen LogP contribution is 2.22. The number of ether oxygens (including phenoxy) is 1. The molecule has 2 aromatic heterocycles. The summed E-state index contributed by atoms with van der Waals surface area (Å²) >= 11 is 0. The first-order chi connectivity index (χ1) is 12.7. The molecule has 7 heteroatoms.